The monoisotopic (exact) mass is 250 g/mol. The Labute approximate surface area is 107 Å². The van der Waals surface area contributed by atoms with E-state index in [9.17, 15) is 14.7 Å². The van der Waals surface area contributed by atoms with Gasteiger partial charge in [-0.15, -0.1) is 0 Å². The number of carbonyl (C=O) groups is 2. The summed E-state index contributed by atoms with van der Waals surface area (Å²) in [6.07, 6.45) is 3.01. The van der Waals surface area contributed by atoms with Crippen molar-refractivity contribution in [1.29, 1.82) is 0 Å². The molecule has 98 valence electrons. The zero-order chi connectivity index (χ0) is 13.4. The summed E-state index contributed by atoms with van der Waals surface area (Å²) in [5.74, 6) is -0.259. The van der Waals surface area contributed by atoms with Crippen molar-refractivity contribution in [2.24, 2.45) is 0 Å². The molecule has 0 bridgehead atoms. The summed E-state index contributed by atoms with van der Waals surface area (Å²) in [5, 5.41) is 9.51. The Morgan fingerprint density at radius 1 is 1.11 bits per heavy atom. The quantitative estimate of drug-likeness (QED) is 0.459. The number of methoxy groups -OCH3 is 1. The fourth-order valence-corrected chi connectivity index (χ4v) is 1.68. The first kappa shape index (κ1) is 14.2. The van der Waals surface area contributed by atoms with E-state index in [0.29, 0.717) is 24.8 Å². The smallest absolute Gasteiger partial charge is 0.305 e. The lowest BCUT2D eigenvalue weighted by Crippen LogP contribution is -2.01. The van der Waals surface area contributed by atoms with Gasteiger partial charge in [0.05, 0.1) is 12.7 Å². The molecule has 0 aromatic heterocycles. The summed E-state index contributed by atoms with van der Waals surface area (Å²) in [6, 6.07) is 6.53. The lowest BCUT2D eigenvalue weighted by molar-refractivity contribution is -0.140. The number of aromatic hydroxyl groups is 1. The molecule has 1 N–H and O–H groups in total. The largest absolute Gasteiger partial charge is 0.507 e. The molecule has 0 aliphatic rings. The zero-order valence-corrected chi connectivity index (χ0v) is 10.5. The second-order valence-corrected chi connectivity index (χ2v) is 4.08. The maximum Gasteiger partial charge on any atom is 0.305 e. The Morgan fingerprint density at radius 3 is 2.44 bits per heavy atom. The number of ether oxygens (including phenoxy) is 1. The number of carbonyl (C=O) groups excluding carboxylic acids is 2. The van der Waals surface area contributed by atoms with Gasteiger partial charge in [-0.2, -0.15) is 0 Å². The van der Waals surface area contributed by atoms with Crippen LogP contribution in [0.25, 0.3) is 0 Å². The molecule has 0 heterocycles. The van der Waals surface area contributed by atoms with Gasteiger partial charge >= 0.3 is 5.97 Å². The number of rotatable bonds is 7. The molecule has 0 saturated carbocycles. The first-order valence-electron chi connectivity index (χ1n) is 6.03. The van der Waals surface area contributed by atoms with Gasteiger partial charge in [-0.1, -0.05) is 18.6 Å². The van der Waals surface area contributed by atoms with E-state index in [-0.39, 0.29) is 17.5 Å². The van der Waals surface area contributed by atoms with Crippen LogP contribution in [0.4, 0.5) is 0 Å². The highest BCUT2D eigenvalue weighted by Gasteiger charge is 2.09. The normalized spacial score (nSPS) is 10.1. The third-order valence-corrected chi connectivity index (χ3v) is 2.72. The standard InChI is InChI=1S/C14H18O4/c1-18-14(17)10-4-2-3-8-12(15)11-7-5-6-9-13(11)16/h5-7,9,16H,2-4,8,10H2,1H3. The van der Waals surface area contributed by atoms with Gasteiger partial charge in [-0.25, -0.2) is 0 Å². The van der Waals surface area contributed by atoms with Crippen molar-refractivity contribution in [3.63, 3.8) is 0 Å². The number of ketones is 1. The number of para-hydroxylation sites is 1. The average molecular weight is 250 g/mol. The number of esters is 1. The molecule has 0 fully saturated rings. The van der Waals surface area contributed by atoms with E-state index in [1.54, 1.807) is 18.2 Å². The summed E-state index contributed by atoms with van der Waals surface area (Å²) in [7, 11) is 1.37. The van der Waals surface area contributed by atoms with Gasteiger partial charge in [-0.05, 0) is 25.0 Å². The third-order valence-electron chi connectivity index (χ3n) is 2.72. The predicted molar refractivity (Wildman–Crippen MR) is 67.5 cm³/mol. The number of phenolic OH excluding ortho intramolecular Hbond substituents is 1. The minimum absolute atomic E-state index is 0.0251. The van der Waals surface area contributed by atoms with Gasteiger partial charge in [0.2, 0.25) is 0 Å². The van der Waals surface area contributed by atoms with Crippen molar-refractivity contribution < 1.29 is 19.4 Å². The molecule has 0 amide bonds. The molecule has 0 atom stereocenters. The number of phenols is 1. The first-order chi connectivity index (χ1) is 8.65. The van der Waals surface area contributed by atoms with E-state index >= 15 is 0 Å². The number of Topliss-reactive ketones (excluding diaryl/α,β-unsaturated/α-hetero) is 1. The van der Waals surface area contributed by atoms with Crippen LogP contribution in [0, 0.1) is 0 Å². The van der Waals surface area contributed by atoms with Crippen LogP contribution in [0.3, 0.4) is 0 Å². The number of hydrogen-bond donors (Lipinski definition) is 1. The number of hydrogen-bond acceptors (Lipinski definition) is 4. The minimum Gasteiger partial charge on any atom is -0.507 e. The van der Waals surface area contributed by atoms with Crippen LogP contribution in [0.15, 0.2) is 24.3 Å². The van der Waals surface area contributed by atoms with Crippen LogP contribution in [0.1, 0.15) is 42.5 Å². The molecule has 0 radical (unpaired) electrons. The Morgan fingerprint density at radius 2 is 1.78 bits per heavy atom. The van der Waals surface area contributed by atoms with Gasteiger partial charge in [0.1, 0.15) is 5.75 Å². The molecular weight excluding hydrogens is 232 g/mol. The van der Waals surface area contributed by atoms with Crippen molar-refractivity contribution in [1.82, 2.24) is 0 Å². The molecule has 0 aliphatic heterocycles. The maximum absolute atomic E-state index is 11.8. The summed E-state index contributed by atoms with van der Waals surface area (Å²) in [5.41, 5.74) is 0.366. The SMILES string of the molecule is COC(=O)CCCCCC(=O)c1ccccc1O. The molecular formula is C14H18O4. The molecule has 0 aliphatic carbocycles. The van der Waals surface area contributed by atoms with Crippen LogP contribution >= 0.6 is 0 Å². The van der Waals surface area contributed by atoms with Crippen molar-refractivity contribution in [2.75, 3.05) is 7.11 Å². The molecule has 4 nitrogen and oxygen atoms in total. The van der Waals surface area contributed by atoms with E-state index in [2.05, 4.69) is 4.74 Å². The topological polar surface area (TPSA) is 63.6 Å². The van der Waals surface area contributed by atoms with Crippen molar-refractivity contribution >= 4 is 11.8 Å². The summed E-state index contributed by atoms with van der Waals surface area (Å²) < 4.78 is 4.52. The van der Waals surface area contributed by atoms with E-state index < -0.39 is 0 Å². The fraction of sp³-hybridized carbons (Fsp3) is 0.429. The first-order valence-corrected chi connectivity index (χ1v) is 6.03. The number of benzene rings is 1. The highest BCUT2D eigenvalue weighted by molar-refractivity contribution is 5.98. The van der Waals surface area contributed by atoms with E-state index in [1.165, 1.54) is 13.2 Å². The third kappa shape index (κ3) is 4.57. The molecule has 0 spiro atoms. The van der Waals surface area contributed by atoms with Gasteiger partial charge in [0.25, 0.3) is 0 Å². The van der Waals surface area contributed by atoms with Crippen LogP contribution in [-0.2, 0) is 9.53 Å². The molecule has 1 aromatic carbocycles. The second-order valence-electron chi connectivity index (χ2n) is 4.08. The molecule has 18 heavy (non-hydrogen) atoms. The predicted octanol–water partition coefficient (Wildman–Crippen LogP) is 2.70. The Kier molecular flexibility index (Phi) is 5.91. The molecule has 0 saturated heterocycles. The Balaban J connectivity index is 2.26. The molecule has 0 unspecified atom stereocenters. The van der Waals surface area contributed by atoms with Crippen LogP contribution in [0.2, 0.25) is 0 Å². The average Bonchev–Trinajstić information content (AvgIpc) is 2.38. The Bertz CT molecular complexity index is 412. The lowest BCUT2D eigenvalue weighted by Gasteiger charge is -2.03. The zero-order valence-electron chi connectivity index (χ0n) is 10.5. The van der Waals surface area contributed by atoms with Crippen molar-refractivity contribution in [3.05, 3.63) is 29.8 Å². The van der Waals surface area contributed by atoms with Gasteiger partial charge < -0.3 is 9.84 Å². The van der Waals surface area contributed by atoms with Gasteiger partial charge in [0.15, 0.2) is 5.78 Å². The van der Waals surface area contributed by atoms with Crippen molar-refractivity contribution in [2.45, 2.75) is 32.1 Å². The van der Waals surface area contributed by atoms with Gasteiger partial charge in [0, 0.05) is 12.8 Å². The van der Waals surface area contributed by atoms with Crippen LogP contribution in [0.5, 0.6) is 5.75 Å². The molecule has 1 aromatic rings. The highest BCUT2D eigenvalue weighted by atomic mass is 16.5. The maximum atomic E-state index is 11.8. The second kappa shape index (κ2) is 7.48. The lowest BCUT2D eigenvalue weighted by atomic mass is 10.0. The summed E-state index contributed by atoms with van der Waals surface area (Å²) in [6.45, 7) is 0. The van der Waals surface area contributed by atoms with Gasteiger partial charge in [-0.3, -0.25) is 9.59 Å². The van der Waals surface area contributed by atoms with E-state index in [0.717, 1.165) is 12.8 Å². The highest BCUT2D eigenvalue weighted by Crippen LogP contribution is 2.18. The van der Waals surface area contributed by atoms with E-state index in [1.807, 2.05) is 0 Å². The Hall–Kier alpha value is -1.84. The molecule has 4 heteroatoms. The van der Waals surface area contributed by atoms with Crippen molar-refractivity contribution in [3.8, 4) is 5.75 Å². The number of unbranched alkanes of at least 4 members (excludes halogenated alkanes) is 2. The van der Waals surface area contributed by atoms with E-state index in [4.69, 9.17) is 0 Å². The summed E-state index contributed by atoms with van der Waals surface area (Å²) >= 11 is 0. The fourth-order valence-electron chi connectivity index (χ4n) is 1.68. The molecule has 1 rings (SSSR count). The minimum atomic E-state index is -0.220. The van der Waals surface area contributed by atoms with Crippen LogP contribution in [-0.4, -0.2) is 24.0 Å². The summed E-state index contributed by atoms with van der Waals surface area (Å²) in [4.78, 5) is 22.6. The van der Waals surface area contributed by atoms with Crippen LogP contribution < -0.4 is 0 Å².